The van der Waals surface area contributed by atoms with E-state index in [2.05, 4.69) is 50.8 Å². The number of ether oxygens (including phenoxy) is 1. The molecule has 0 unspecified atom stereocenters. The first-order chi connectivity index (χ1) is 8.60. The van der Waals surface area contributed by atoms with E-state index in [-0.39, 0.29) is 0 Å². The van der Waals surface area contributed by atoms with Gasteiger partial charge in [-0.15, -0.1) is 0 Å². The lowest BCUT2D eigenvalue weighted by Gasteiger charge is -2.16. The van der Waals surface area contributed by atoms with Gasteiger partial charge in [-0.25, -0.2) is 0 Å². The van der Waals surface area contributed by atoms with Gasteiger partial charge in [-0.05, 0) is 48.6 Å². The monoisotopic (exact) mass is 267 g/mol. The van der Waals surface area contributed by atoms with Gasteiger partial charge < -0.3 is 10.1 Å². The Balaban J connectivity index is 2.81. The third-order valence-corrected chi connectivity index (χ3v) is 3.39. The summed E-state index contributed by atoms with van der Waals surface area (Å²) in [6.45, 7) is 8.54. The zero-order chi connectivity index (χ0) is 13.5. The van der Waals surface area contributed by atoms with E-state index in [4.69, 9.17) is 4.74 Å². The molecule has 2 nitrogen and oxygen atoms in total. The van der Waals surface area contributed by atoms with Gasteiger partial charge in [-0.2, -0.15) is 12.6 Å². The molecule has 0 amide bonds. The molecular weight excluding hydrogens is 242 g/mol. The molecule has 102 valence electrons. The average molecular weight is 267 g/mol. The Hall–Kier alpha value is -0.670. The van der Waals surface area contributed by atoms with Crippen LogP contribution in [0.25, 0.3) is 0 Å². The number of hydrogen-bond acceptors (Lipinski definition) is 3. The molecule has 0 fully saturated rings. The molecule has 1 aromatic carbocycles. The summed E-state index contributed by atoms with van der Waals surface area (Å²) in [5.74, 6) is 2.39. The first-order valence-corrected chi connectivity index (χ1v) is 7.22. The van der Waals surface area contributed by atoms with Gasteiger partial charge in [0.1, 0.15) is 5.75 Å². The maximum atomic E-state index is 5.46. The standard InChI is InChI=1S/C15H25NOS/c1-11(2)14-10-13(5-6-16-7-8-18)12(3)9-15(14)17-4/h9-11,16,18H,5-8H2,1-4H3. The summed E-state index contributed by atoms with van der Waals surface area (Å²) < 4.78 is 5.46. The Labute approximate surface area is 117 Å². The SMILES string of the molecule is COc1cc(C)c(CCNCCS)cc1C(C)C. The first kappa shape index (κ1) is 15.4. The second-order valence-corrected chi connectivity index (χ2v) is 5.35. The third kappa shape index (κ3) is 4.21. The van der Waals surface area contributed by atoms with Crippen molar-refractivity contribution < 1.29 is 4.74 Å². The molecule has 0 aliphatic carbocycles. The van der Waals surface area contributed by atoms with Gasteiger partial charge in [-0.3, -0.25) is 0 Å². The molecule has 1 N–H and O–H groups in total. The van der Waals surface area contributed by atoms with Gasteiger partial charge in [0.25, 0.3) is 0 Å². The number of thiol groups is 1. The van der Waals surface area contributed by atoms with Gasteiger partial charge in [-0.1, -0.05) is 19.9 Å². The Morgan fingerprint density at radius 1 is 1.28 bits per heavy atom. The van der Waals surface area contributed by atoms with Crippen LogP contribution in [-0.2, 0) is 6.42 Å². The Morgan fingerprint density at radius 3 is 2.56 bits per heavy atom. The van der Waals surface area contributed by atoms with Crippen LogP contribution in [0.5, 0.6) is 5.75 Å². The van der Waals surface area contributed by atoms with Crippen molar-refractivity contribution in [3.05, 3.63) is 28.8 Å². The molecule has 0 aliphatic rings. The second-order valence-electron chi connectivity index (χ2n) is 4.90. The van der Waals surface area contributed by atoms with Gasteiger partial charge in [0.15, 0.2) is 0 Å². The molecule has 0 saturated carbocycles. The van der Waals surface area contributed by atoms with Crippen LogP contribution in [0, 0.1) is 6.92 Å². The number of nitrogens with one attached hydrogen (secondary N) is 1. The molecule has 0 heterocycles. The minimum absolute atomic E-state index is 0.490. The van der Waals surface area contributed by atoms with Crippen LogP contribution in [-0.4, -0.2) is 26.0 Å². The topological polar surface area (TPSA) is 21.3 Å². The van der Waals surface area contributed by atoms with Crippen LogP contribution in [0.3, 0.4) is 0 Å². The van der Waals surface area contributed by atoms with Crippen molar-refractivity contribution >= 4 is 12.6 Å². The lowest BCUT2D eigenvalue weighted by Crippen LogP contribution is -2.19. The van der Waals surface area contributed by atoms with Crippen molar-refractivity contribution in [1.82, 2.24) is 5.32 Å². The predicted molar refractivity (Wildman–Crippen MR) is 82.2 cm³/mol. The smallest absolute Gasteiger partial charge is 0.122 e. The molecule has 0 atom stereocenters. The van der Waals surface area contributed by atoms with E-state index in [0.29, 0.717) is 5.92 Å². The summed E-state index contributed by atoms with van der Waals surface area (Å²) in [5.41, 5.74) is 4.02. The minimum Gasteiger partial charge on any atom is -0.496 e. The number of hydrogen-bond donors (Lipinski definition) is 2. The average Bonchev–Trinajstić information content (AvgIpc) is 2.35. The summed E-state index contributed by atoms with van der Waals surface area (Å²) in [7, 11) is 1.74. The van der Waals surface area contributed by atoms with Crippen LogP contribution in [0.15, 0.2) is 12.1 Å². The molecule has 1 rings (SSSR count). The van der Waals surface area contributed by atoms with Crippen molar-refractivity contribution in [1.29, 1.82) is 0 Å². The zero-order valence-corrected chi connectivity index (χ0v) is 12.8. The Bertz CT molecular complexity index is 377. The summed E-state index contributed by atoms with van der Waals surface area (Å²) in [6, 6.07) is 4.45. The molecule has 0 radical (unpaired) electrons. The first-order valence-electron chi connectivity index (χ1n) is 6.59. The molecule has 0 bridgehead atoms. The van der Waals surface area contributed by atoms with E-state index in [1.807, 2.05) is 0 Å². The third-order valence-electron chi connectivity index (χ3n) is 3.17. The van der Waals surface area contributed by atoms with Crippen LogP contribution in [0.1, 0.15) is 36.5 Å². The molecule has 3 heteroatoms. The summed E-state index contributed by atoms with van der Waals surface area (Å²) in [5, 5.41) is 3.38. The van der Waals surface area contributed by atoms with Crippen molar-refractivity contribution in [3.8, 4) is 5.75 Å². The molecule has 0 aromatic heterocycles. The zero-order valence-electron chi connectivity index (χ0n) is 11.9. The highest BCUT2D eigenvalue weighted by atomic mass is 32.1. The number of methoxy groups -OCH3 is 1. The van der Waals surface area contributed by atoms with Gasteiger partial charge in [0.2, 0.25) is 0 Å². The Kier molecular flexibility index (Phi) is 6.58. The van der Waals surface area contributed by atoms with Crippen molar-refractivity contribution in [3.63, 3.8) is 0 Å². The van der Waals surface area contributed by atoms with Gasteiger partial charge >= 0.3 is 0 Å². The van der Waals surface area contributed by atoms with Crippen LogP contribution in [0.4, 0.5) is 0 Å². The van der Waals surface area contributed by atoms with E-state index in [9.17, 15) is 0 Å². The fraction of sp³-hybridized carbons (Fsp3) is 0.600. The fourth-order valence-electron chi connectivity index (χ4n) is 2.07. The fourth-order valence-corrected chi connectivity index (χ4v) is 2.23. The highest BCUT2D eigenvalue weighted by molar-refractivity contribution is 7.80. The van der Waals surface area contributed by atoms with Crippen LogP contribution in [0.2, 0.25) is 0 Å². The highest BCUT2D eigenvalue weighted by Gasteiger charge is 2.10. The highest BCUT2D eigenvalue weighted by Crippen LogP contribution is 2.29. The molecule has 18 heavy (non-hydrogen) atoms. The maximum absolute atomic E-state index is 5.46. The van der Waals surface area contributed by atoms with E-state index in [1.54, 1.807) is 7.11 Å². The second kappa shape index (κ2) is 7.70. The molecule has 0 spiro atoms. The van der Waals surface area contributed by atoms with Gasteiger partial charge in [0.05, 0.1) is 7.11 Å². The van der Waals surface area contributed by atoms with E-state index >= 15 is 0 Å². The lowest BCUT2D eigenvalue weighted by molar-refractivity contribution is 0.407. The quantitative estimate of drug-likeness (QED) is 0.585. The van der Waals surface area contributed by atoms with Crippen molar-refractivity contribution in [2.75, 3.05) is 26.0 Å². The number of aryl methyl sites for hydroxylation is 1. The van der Waals surface area contributed by atoms with Crippen molar-refractivity contribution in [2.24, 2.45) is 0 Å². The molecule has 1 aromatic rings. The van der Waals surface area contributed by atoms with E-state index < -0.39 is 0 Å². The molecule has 0 aliphatic heterocycles. The number of benzene rings is 1. The van der Waals surface area contributed by atoms with E-state index in [1.165, 1.54) is 16.7 Å². The largest absolute Gasteiger partial charge is 0.496 e. The molecule has 0 saturated heterocycles. The molecular formula is C15H25NOS. The summed E-state index contributed by atoms with van der Waals surface area (Å²) >= 11 is 4.19. The maximum Gasteiger partial charge on any atom is 0.122 e. The van der Waals surface area contributed by atoms with Crippen LogP contribution >= 0.6 is 12.6 Å². The predicted octanol–water partition coefficient (Wildman–Crippen LogP) is 3.19. The summed E-state index contributed by atoms with van der Waals surface area (Å²) in [6.07, 6.45) is 1.06. The minimum atomic E-state index is 0.490. The van der Waals surface area contributed by atoms with Crippen molar-refractivity contribution in [2.45, 2.75) is 33.1 Å². The normalized spacial score (nSPS) is 11.0. The number of rotatable bonds is 7. The van der Waals surface area contributed by atoms with Gasteiger partial charge in [0, 0.05) is 12.3 Å². The Morgan fingerprint density at radius 2 is 2.00 bits per heavy atom. The van der Waals surface area contributed by atoms with E-state index in [0.717, 1.165) is 31.0 Å². The lowest BCUT2D eigenvalue weighted by atomic mass is 9.95. The summed E-state index contributed by atoms with van der Waals surface area (Å²) in [4.78, 5) is 0. The van der Waals surface area contributed by atoms with Crippen LogP contribution < -0.4 is 10.1 Å².